The Balaban J connectivity index is 2.00. The maximum absolute atomic E-state index is 4.33. The SMILES string of the molecule is CN(C)c1cc(CN2CCNCC2)ccn1. The molecule has 0 radical (unpaired) electrons. The van der Waals surface area contributed by atoms with Gasteiger partial charge in [-0.2, -0.15) is 0 Å². The zero-order chi connectivity index (χ0) is 11.4. The van der Waals surface area contributed by atoms with Gasteiger partial charge in [0.15, 0.2) is 0 Å². The molecule has 0 atom stereocenters. The lowest BCUT2D eigenvalue weighted by Gasteiger charge is -2.27. The summed E-state index contributed by atoms with van der Waals surface area (Å²) in [6, 6.07) is 4.27. The Morgan fingerprint density at radius 2 is 2.12 bits per heavy atom. The largest absolute Gasteiger partial charge is 0.363 e. The summed E-state index contributed by atoms with van der Waals surface area (Å²) in [6.45, 7) is 5.52. The molecule has 1 N–H and O–H groups in total. The van der Waals surface area contributed by atoms with Crippen LogP contribution in [0.15, 0.2) is 18.3 Å². The number of hydrogen-bond acceptors (Lipinski definition) is 4. The monoisotopic (exact) mass is 220 g/mol. The van der Waals surface area contributed by atoms with Gasteiger partial charge in [0.25, 0.3) is 0 Å². The van der Waals surface area contributed by atoms with E-state index in [0.29, 0.717) is 0 Å². The summed E-state index contributed by atoms with van der Waals surface area (Å²) >= 11 is 0. The van der Waals surface area contributed by atoms with E-state index >= 15 is 0 Å². The van der Waals surface area contributed by atoms with Crippen LogP contribution in [0.4, 0.5) is 5.82 Å². The van der Waals surface area contributed by atoms with E-state index in [-0.39, 0.29) is 0 Å². The molecule has 1 aromatic rings. The highest BCUT2D eigenvalue weighted by Crippen LogP contribution is 2.11. The zero-order valence-electron chi connectivity index (χ0n) is 10.1. The lowest BCUT2D eigenvalue weighted by atomic mass is 10.2. The summed E-state index contributed by atoms with van der Waals surface area (Å²) < 4.78 is 0. The molecule has 0 amide bonds. The molecule has 2 heterocycles. The van der Waals surface area contributed by atoms with Crippen molar-refractivity contribution in [2.24, 2.45) is 0 Å². The minimum atomic E-state index is 1.03. The smallest absolute Gasteiger partial charge is 0.128 e. The normalized spacial score (nSPS) is 17.4. The first-order valence-corrected chi connectivity index (χ1v) is 5.81. The molecule has 0 spiro atoms. The fraction of sp³-hybridized carbons (Fsp3) is 0.583. The van der Waals surface area contributed by atoms with Crippen molar-refractivity contribution in [2.75, 3.05) is 45.2 Å². The third kappa shape index (κ3) is 2.93. The molecule has 1 aromatic heterocycles. The molecule has 1 aliphatic rings. The fourth-order valence-corrected chi connectivity index (χ4v) is 1.93. The van der Waals surface area contributed by atoms with Crippen molar-refractivity contribution in [1.29, 1.82) is 0 Å². The molecule has 88 valence electrons. The standard InChI is InChI=1S/C12H20N4/c1-15(2)12-9-11(3-4-14-12)10-16-7-5-13-6-8-16/h3-4,9,13H,5-8,10H2,1-2H3. The summed E-state index contributed by atoms with van der Waals surface area (Å²) in [7, 11) is 4.05. The summed E-state index contributed by atoms with van der Waals surface area (Å²) in [5, 5.41) is 3.37. The van der Waals surface area contributed by atoms with Gasteiger partial charge in [-0.1, -0.05) is 0 Å². The summed E-state index contributed by atoms with van der Waals surface area (Å²) in [5.74, 6) is 1.03. The molecule has 0 bridgehead atoms. The fourth-order valence-electron chi connectivity index (χ4n) is 1.93. The lowest BCUT2D eigenvalue weighted by molar-refractivity contribution is 0.233. The average molecular weight is 220 g/mol. The van der Waals surface area contributed by atoms with E-state index in [2.05, 4.69) is 27.3 Å². The van der Waals surface area contributed by atoms with Gasteiger partial charge in [0, 0.05) is 53.0 Å². The zero-order valence-corrected chi connectivity index (χ0v) is 10.1. The number of nitrogens with zero attached hydrogens (tertiary/aromatic N) is 3. The van der Waals surface area contributed by atoms with Gasteiger partial charge in [0.05, 0.1) is 0 Å². The van der Waals surface area contributed by atoms with Gasteiger partial charge >= 0.3 is 0 Å². The highest BCUT2D eigenvalue weighted by atomic mass is 15.2. The van der Waals surface area contributed by atoms with Crippen molar-refractivity contribution < 1.29 is 0 Å². The average Bonchev–Trinajstić information content (AvgIpc) is 2.30. The third-order valence-corrected chi connectivity index (χ3v) is 2.88. The predicted octanol–water partition coefficient (Wildman–Crippen LogP) is 0.553. The first-order chi connectivity index (χ1) is 7.75. The van der Waals surface area contributed by atoms with E-state index in [4.69, 9.17) is 0 Å². The van der Waals surface area contributed by atoms with Crippen molar-refractivity contribution in [1.82, 2.24) is 15.2 Å². The van der Waals surface area contributed by atoms with Crippen molar-refractivity contribution >= 4 is 5.82 Å². The second-order valence-electron chi connectivity index (χ2n) is 4.44. The lowest BCUT2D eigenvalue weighted by Crippen LogP contribution is -2.42. The van der Waals surface area contributed by atoms with E-state index in [0.717, 1.165) is 38.5 Å². The van der Waals surface area contributed by atoms with Crippen LogP contribution in [0.3, 0.4) is 0 Å². The van der Waals surface area contributed by atoms with Crippen LogP contribution < -0.4 is 10.2 Å². The van der Waals surface area contributed by atoms with Gasteiger partial charge < -0.3 is 10.2 Å². The van der Waals surface area contributed by atoms with Crippen LogP contribution in [-0.4, -0.2) is 50.2 Å². The van der Waals surface area contributed by atoms with Crippen LogP contribution in [0.1, 0.15) is 5.56 Å². The van der Waals surface area contributed by atoms with E-state index in [9.17, 15) is 0 Å². The van der Waals surface area contributed by atoms with Crippen LogP contribution in [0.5, 0.6) is 0 Å². The van der Waals surface area contributed by atoms with E-state index in [1.54, 1.807) is 0 Å². The number of rotatable bonds is 3. The van der Waals surface area contributed by atoms with Gasteiger partial charge in [-0.3, -0.25) is 4.90 Å². The van der Waals surface area contributed by atoms with E-state index < -0.39 is 0 Å². The second-order valence-corrected chi connectivity index (χ2v) is 4.44. The van der Waals surface area contributed by atoms with Crippen molar-refractivity contribution in [3.63, 3.8) is 0 Å². The Kier molecular flexibility index (Phi) is 3.74. The Morgan fingerprint density at radius 3 is 2.81 bits per heavy atom. The van der Waals surface area contributed by atoms with Gasteiger partial charge in [-0.25, -0.2) is 4.98 Å². The number of anilines is 1. The van der Waals surface area contributed by atoms with Crippen molar-refractivity contribution in [3.8, 4) is 0 Å². The van der Waals surface area contributed by atoms with Gasteiger partial charge in [0.1, 0.15) is 5.82 Å². The number of aromatic nitrogens is 1. The first-order valence-electron chi connectivity index (χ1n) is 5.81. The van der Waals surface area contributed by atoms with Crippen molar-refractivity contribution in [3.05, 3.63) is 23.9 Å². The Bertz CT molecular complexity index is 332. The van der Waals surface area contributed by atoms with Crippen LogP contribution >= 0.6 is 0 Å². The molecule has 0 aliphatic carbocycles. The number of nitrogens with one attached hydrogen (secondary N) is 1. The topological polar surface area (TPSA) is 31.4 Å². The van der Waals surface area contributed by atoms with Crippen LogP contribution in [0.2, 0.25) is 0 Å². The Morgan fingerprint density at radius 1 is 1.38 bits per heavy atom. The van der Waals surface area contributed by atoms with Crippen LogP contribution in [-0.2, 0) is 6.54 Å². The molecule has 0 unspecified atom stereocenters. The Hall–Kier alpha value is -1.13. The molecule has 1 saturated heterocycles. The molecule has 1 aliphatic heterocycles. The number of hydrogen-bond donors (Lipinski definition) is 1. The minimum absolute atomic E-state index is 1.03. The molecule has 4 nitrogen and oxygen atoms in total. The number of pyridine rings is 1. The van der Waals surface area contributed by atoms with Crippen molar-refractivity contribution in [2.45, 2.75) is 6.54 Å². The highest BCUT2D eigenvalue weighted by molar-refractivity contribution is 5.38. The molecule has 0 aromatic carbocycles. The second kappa shape index (κ2) is 5.27. The molecular formula is C12H20N4. The minimum Gasteiger partial charge on any atom is -0.363 e. The summed E-state index contributed by atoms with van der Waals surface area (Å²) in [6.07, 6.45) is 1.90. The highest BCUT2D eigenvalue weighted by Gasteiger charge is 2.10. The van der Waals surface area contributed by atoms with Crippen LogP contribution in [0, 0.1) is 0 Å². The van der Waals surface area contributed by atoms with Crippen LogP contribution in [0.25, 0.3) is 0 Å². The summed E-state index contributed by atoms with van der Waals surface area (Å²) in [4.78, 5) is 8.85. The third-order valence-electron chi connectivity index (χ3n) is 2.88. The quantitative estimate of drug-likeness (QED) is 0.806. The maximum Gasteiger partial charge on any atom is 0.128 e. The molecule has 16 heavy (non-hydrogen) atoms. The van der Waals surface area contributed by atoms with E-state index in [1.165, 1.54) is 5.56 Å². The summed E-state index contributed by atoms with van der Waals surface area (Å²) in [5.41, 5.74) is 1.35. The Labute approximate surface area is 97.3 Å². The predicted molar refractivity (Wildman–Crippen MR) is 66.7 cm³/mol. The molecule has 1 fully saturated rings. The molecule has 4 heteroatoms. The maximum atomic E-state index is 4.33. The molecule has 2 rings (SSSR count). The van der Waals surface area contributed by atoms with Gasteiger partial charge in [-0.15, -0.1) is 0 Å². The first kappa shape index (κ1) is 11.4. The van der Waals surface area contributed by atoms with Gasteiger partial charge in [0.2, 0.25) is 0 Å². The molecular weight excluding hydrogens is 200 g/mol. The van der Waals surface area contributed by atoms with E-state index in [1.807, 2.05) is 25.2 Å². The number of piperazine rings is 1. The molecule has 0 saturated carbocycles. The van der Waals surface area contributed by atoms with Gasteiger partial charge in [-0.05, 0) is 17.7 Å².